The number of hydrogen-bond donors (Lipinski definition) is 2. The molecule has 0 saturated heterocycles. The van der Waals surface area contributed by atoms with E-state index in [4.69, 9.17) is 20.1 Å². The van der Waals surface area contributed by atoms with Gasteiger partial charge in [0, 0.05) is 6.07 Å². The monoisotopic (exact) mass is 485 g/mol. The summed E-state index contributed by atoms with van der Waals surface area (Å²) in [5, 5.41) is 11.0. The molecule has 3 aromatic rings. The Labute approximate surface area is 204 Å². The highest BCUT2D eigenvalue weighted by molar-refractivity contribution is 8.00. The van der Waals surface area contributed by atoms with Gasteiger partial charge in [-0.1, -0.05) is 44.7 Å². The topological polar surface area (TPSA) is 114 Å². The standard InChI is InChI=1S/C24H31N5O4S/c1-15(22(30)26-19-13-18(31-5)11-12-20(19)32-6)34-23-28-27-21(29(23)25)14-33-17-9-7-16(8-10-17)24(2,3)4/h7-13,15H,14,25H2,1-6H3,(H,26,30). The molecule has 34 heavy (non-hydrogen) atoms. The SMILES string of the molecule is COc1ccc(OC)c(NC(=O)C(C)Sc2nnc(COc3ccc(C(C)(C)C)cc3)n2N)c1. The van der Waals surface area contributed by atoms with Crippen LogP contribution in [0.25, 0.3) is 0 Å². The number of aromatic nitrogens is 3. The molecule has 10 heteroatoms. The summed E-state index contributed by atoms with van der Waals surface area (Å²) in [6.45, 7) is 8.39. The van der Waals surface area contributed by atoms with Gasteiger partial charge in [0.25, 0.3) is 0 Å². The molecule has 182 valence electrons. The van der Waals surface area contributed by atoms with Crippen molar-refractivity contribution in [3.05, 3.63) is 53.9 Å². The molecule has 9 nitrogen and oxygen atoms in total. The number of nitrogen functional groups attached to an aromatic ring is 1. The van der Waals surface area contributed by atoms with Gasteiger partial charge < -0.3 is 25.4 Å². The van der Waals surface area contributed by atoms with E-state index in [1.807, 2.05) is 24.3 Å². The fourth-order valence-corrected chi connectivity index (χ4v) is 3.83. The predicted molar refractivity (Wildman–Crippen MR) is 133 cm³/mol. The van der Waals surface area contributed by atoms with Crippen LogP contribution in [-0.4, -0.2) is 40.3 Å². The third-order valence-electron chi connectivity index (χ3n) is 5.14. The van der Waals surface area contributed by atoms with Crippen molar-refractivity contribution in [3.63, 3.8) is 0 Å². The predicted octanol–water partition coefficient (Wildman–Crippen LogP) is 4.00. The largest absolute Gasteiger partial charge is 0.497 e. The molecule has 1 unspecified atom stereocenters. The zero-order valence-electron chi connectivity index (χ0n) is 20.3. The number of rotatable bonds is 9. The summed E-state index contributed by atoms with van der Waals surface area (Å²) in [4.78, 5) is 12.8. The number of carbonyl (C=O) groups is 1. The summed E-state index contributed by atoms with van der Waals surface area (Å²) in [6, 6.07) is 13.1. The van der Waals surface area contributed by atoms with E-state index >= 15 is 0 Å². The molecule has 0 saturated carbocycles. The van der Waals surface area contributed by atoms with Gasteiger partial charge >= 0.3 is 0 Å². The quantitative estimate of drug-likeness (QED) is 0.345. The number of amides is 1. The van der Waals surface area contributed by atoms with Crippen LogP contribution < -0.4 is 25.4 Å². The highest BCUT2D eigenvalue weighted by Crippen LogP contribution is 2.30. The Morgan fingerprint density at radius 1 is 1.09 bits per heavy atom. The normalized spacial score (nSPS) is 12.2. The molecule has 3 rings (SSSR count). The number of benzene rings is 2. The lowest BCUT2D eigenvalue weighted by atomic mass is 9.87. The van der Waals surface area contributed by atoms with Gasteiger partial charge in [0.05, 0.1) is 25.2 Å². The molecular weight excluding hydrogens is 454 g/mol. The van der Waals surface area contributed by atoms with Gasteiger partial charge in [-0.2, -0.15) is 0 Å². The number of methoxy groups -OCH3 is 2. The van der Waals surface area contributed by atoms with Crippen LogP contribution in [0, 0.1) is 0 Å². The number of ether oxygens (including phenoxy) is 3. The maximum absolute atomic E-state index is 12.8. The first-order valence-corrected chi connectivity index (χ1v) is 11.6. The molecule has 1 aromatic heterocycles. The second kappa shape index (κ2) is 10.7. The van der Waals surface area contributed by atoms with Crippen LogP contribution in [-0.2, 0) is 16.8 Å². The number of nitrogens with one attached hydrogen (secondary N) is 1. The maximum Gasteiger partial charge on any atom is 0.237 e. The Morgan fingerprint density at radius 3 is 2.38 bits per heavy atom. The molecule has 1 heterocycles. The fraction of sp³-hybridized carbons (Fsp3) is 0.375. The summed E-state index contributed by atoms with van der Waals surface area (Å²) < 4.78 is 17.7. The Bertz CT molecular complexity index is 1130. The Hall–Kier alpha value is -3.40. The van der Waals surface area contributed by atoms with E-state index in [1.54, 1.807) is 32.2 Å². The van der Waals surface area contributed by atoms with E-state index in [0.29, 0.717) is 33.9 Å². The summed E-state index contributed by atoms with van der Waals surface area (Å²) in [5.41, 5.74) is 1.81. The highest BCUT2D eigenvalue weighted by Gasteiger charge is 2.21. The minimum absolute atomic E-state index is 0.0722. The van der Waals surface area contributed by atoms with E-state index in [2.05, 4.69) is 36.3 Å². The third kappa shape index (κ3) is 6.13. The molecule has 3 N–H and O–H groups in total. The van der Waals surface area contributed by atoms with Gasteiger partial charge in [0.2, 0.25) is 11.1 Å². The molecule has 1 amide bonds. The molecular formula is C24H31N5O4S. The highest BCUT2D eigenvalue weighted by atomic mass is 32.2. The van der Waals surface area contributed by atoms with E-state index in [1.165, 1.54) is 29.1 Å². The first-order chi connectivity index (χ1) is 16.1. The summed E-state index contributed by atoms with van der Waals surface area (Å²) in [6.07, 6.45) is 0. The minimum Gasteiger partial charge on any atom is -0.497 e. The van der Waals surface area contributed by atoms with Crippen LogP contribution >= 0.6 is 11.8 Å². The van der Waals surface area contributed by atoms with Crippen LogP contribution in [0.3, 0.4) is 0 Å². The molecule has 0 aliphatic rings. The lowest BCUT2D eigenvalue weighted by molar-refractivity contribution is -0.115. The molecule has 0 radical (unpaired) electrons. The van der Waals surface area contributed by atoms with Gasteiger partial charge in [0.15, 0.2) is 5.82 Å². The zero-order chi connectivity index (χ0) is 24.9. The van der Waals surface area contributed by atoms with Gasteiger partial charge in [-0.3, -0.25) is 4.79 Å². The average Bonchev–Trinajstić information content (AvgIpc) is 3.16. The van der Waals surface area contributed by atoms with Crippen molar-refractivity contribution >= 4 is 23.4 Å². The molecule has 1 atom stereocenters. The number of carbonyl (C=O) groups excluding carboxylic acids is 1. The second-order valence-corrected chi connectivity index (χ2v) is 9.96. The summed E-state index contributed by atoms with van der Waals surface area (Å²) >= 11 is 1.19. The van der Waals surface area contributed by atoms with E-state index < -0.39 is 5.25 Å². The Morgan fingerprint density at radius 2 is 1.76 bits per heavy atom. The van der Waals surface area contributed by atoms with Gasteiger partial charge in [0.1, 0.15) is 23.9 Å². The van der Waals surface area contributed by atoms with Crippen molar-refractivity contribution in [1.82, 2.24) is 14.9 Å². The molecule has 0 fully saturated rings. The molecule has 0 bridgehead atoms. The molecule has 0 aliphatic carbocycles. The maximum atomic E-state index is 12.8. The van der Waals surface area contributed by atoms with Crippen LogP contribution in [0.15, 0.2) is 47.6 Å². The summed E-state index contributed by atoms with van der Waals surface area (Å²) in [7, 11) is 3.09. The van der Waals surface area contributed by atoms with Gasteiger partial charge in [-0.25, -0.2) is 4.68 Å². The molecule has 0 spiro atoms. The number of nitrogens with two attached hydrogens (primary N) is 1. The van der Waals surface area contributed by atoms with Crippen LogP contribution in [0.4, 0.5) is 5.69 Å². The number of hydrogen-bond acceptors (Lipinski definition) is 8. The number of nitrogens with zero attached hydrogens (tertiary/aromatic N) is 3. The van der Waals surface area contributed by atoms with E-state index in [9.17, 15) is 4.79 Å². The zero-order valence-corrected chi connectivity index (χ0v) is 21.1. The third-order valence-corrected chi connectivity index (χ3v) is 6.20. The van der Waals surface area contributed by atoms with E-state index in [0.717, 1.165) is 0 Å². The molecule has 2 aromatic carbocycles. The van der Waals surface area contributed by atoms with Crippen molar-refractivity contribution in [2.45, 2.75) is 50.1 Å². The van der Waals surface area contributed by atoms with Crippen LogP contribution in [0.1, 0.15) is 39.1 Å². The number of anilines is 1. The summed E-state index contributed by atoms with van der Waals surface area (Å²) in [5.74, 6) is 8.22. The Kier molecular flexibility index (Phi) is 7.93. The Balaban J connectivity index is 1.60. The number of thioether (sulfide) groups is 1. The van der Waals surface area contributed by atoms with Gasteiger partial charge in [-0.05, 0) is 42.2 Å². The van der Waals surface area contributed by atoms with Crippen molar-refractivity contribution in [2.24, 2.45) is 0 Å². The van der Waals surface area contributed by atoms with Crippen molar-refractivity contribution < 1.29 is 19.0 Å². The fourth-order valence-electron chi connectivity index (χ4n) is 3.04. The van der Waals surface area contributed by atoms with Crippen LogP contribution in [0.2, 0.25) is 0 Å². The average molecular weight is 486 g/mol. The van der Waals surface area contributed by atoms with Crippen molar-refractivity contribution in [3.8, 4) is 17.2 Å². The molecule has 0 aliphatic heterocycles. The van der Waals surface area contributed by atoms with E-state index in [-0.39, 0.29) is 17.9 Å². The first kappa shape index (κ1) is 25.2. The van der Waals surface area contributed by atoms with Crippen molar-refractivity contribution in [1.29, 1.82) is 0 Å². The lowest BCUT2D eigenvalue weighted by Gasteiger charge is -2.19. The minimum atomic E-state index is -0.499. The second-order valence-electron chi connectivity index (χ2n) is 8.65. The van der Waals surface area contributed by atoms with Crippen LogP contribution in [0.5, 0.6) is 17.2 Å². The lowest BCUT2D eigenvalue weighted by Crippen LogP contribution is -2.24. The van der Waals surface area contributed by atoms with Gasteiger partial charge in [-0.15, -0.1) is 10.2 Å². The smallest absolute Gasteiger partial charge is 0.237 e. The first-order valence-electron chi connectivity index (χ1n) is 10.7. The van der Waals surface area contributed by atoms with Crippen molar-refractivity contribution in [2.75, 3.05) is 25.4 Å².